The Morgan fingerprint density at radius 2 is 2.09 bits per heavy atom. The molecule has 1 saturated heterocycles. The Morgan fingerprint density at radius 1 is 1.22 bits per heavy atom. The number of esters is 1. The minimum absolute atomic E-state index is 0.0460. The van der Waals surface area contributed by atoms with E-state index in [1.807, 2.05) is 13.8 Å². The van der Waals surface area contributed by atoms with Crippen LogP contribution >= 0.6 is 0 Å². The van der Waals surface area contributed by atoms with Crippen LogP contribution in [0.25, 0.3) is 0 Å². The Morgan fingerprint density at radius 3 is 2.91 bits per heavy atom. The van der Waals surface area contributed by atoms with E-state index in [0.717, 1.165) is 50.5 Å². The third-order valence-electron chi connectivity index (χ3n) is 4.73. The number of ether oxygens (including phenoxy) is 1. The molecule has 0 aliphatic carbocycles. The van der Waals surface area contributed by atoms with Crippen LogP contribution in [0.5, 0.6) is 0 Å². The normalized spacial score (nSPS) is 22.7. The lowest BCUT2D eigenvalue weighted by Gasteiger charge is -2.31. The first-order chi connectivity index (χ1) is 11.1. The zero-order chi connectivity index (χ0) is 16.2. The van der Waals surface area contributed by atoms with Gasteiger partial charge in [-0.15, -0.1) is 10.2 Å². The Balaban J connectivity index is 1.65. The predicted octanol–water partition coefficient (Wildman–Crippen LogP) is 2.14. The van der Waals surface area contributed by atoms with Crippen LogP contribution in [0.3, 0.4) is 0 Å². The van der Waals surface area contributed by atoms with Crippen molar-refractivity contribution in [1.82, 2.24) is 19.7 Å². The van der Waals surface area contributed by atoms with Crippen LogP contribution in [0.2, 0.25) is 0 Å². The van der Waals surface area contributed by atoms with Crippen molar-refractivity contribution in [1.29, 1.82) is 0 Å². The molecule has 1 atom stereocenters. The summed E-state index contributed by atoms with van der Waals surface area (Å²) < 4.78 is 7.61. The summed E-state index contributed by atoms with van der Waals surface area (Å²) in [7, 11) is 0. The first kappa shape index (κ1) is 16.4. The number of nitrogens with zero attached hydrogens (tertiary/aromatic N) is 4. The van der Waals surface area contributed by atoms with Crippen molar-refractivity contribution in [2.45, 2.75) is 70.9 Å². The number of hydrogen-bond acceptors (Lipinski definition) is 5. The molecule has 0 saturated carbocycles. The fraction of sp³-hybridized carbons (Fsp3) is 0.824. The van der Waals surface area contributed by atoms with Crippen molar-refractivity contribution in [2.75, 3.05) is 19.6 Å². The number of hydrogen-bond donors (Lipinski definition) is 0. The molecule has 0 radical (unpaired) electrons. The Labute approximate surface area is 138 Å². The summed E-state index contributed by atoms with van der Waals surface area (Å²) in [6.45, 7) is 7.06. The van der Waals surface area contributed by atoms with Crippen molar-refractivity contribution in [3.05, 3.63) is 11.6 Å². The van der Waals surface area contributed by atoms with Gasteiger partial charge in [0.1, 0.15) is 11.6 Å². The van der Waals surface area contributed by atoms with Crippen LogP contribution in [0.15, 0.2) is 0 Å². The molecule has 2 aliphatic heterocycles. The summed E-state index contributed by atoms with van der Waals surface area (Å²) in [5, 5.41) is 8.92. The number of aryl methyl sites for hydroxylation is 1. The van der Waals surface area contributed by atoms with Crippen LogP contribution in [-0.2, 0) is 22.5 Å². The topological polar surface area (TPSA) is 60.2 Å². The first-order valence-electron chi connectivity index (χ1n) is 8.97. The van der Waals surface area contributed by atoms with Crippen molar-refractivity contribution in [3.63, 3.8) is 0 Å². The maximum Gasteiger partial charge on any atom is 0.320 e. The van der Waals surface area contributed by atoms with E-state index in [-0.39, 0.29) is 12.1 Å². The fourth-order valence-corrected chi connectivity index (χ4v) is 3.70. The van der Waals surface area contributed by atoms with Gasteiger partial charge in [-0.25, -0.2) is 0 Å². The lowest BCUT2D eigenvalue weighted by molar-refractivity contribution is -0.149. The molecule has 1 aromatic rings. The minimum Gasteiger partial charge on any atom is -0.462 e. The summed E-state index contributed by atoms with van der Waals surface area (Å²) in [6, 6.07) is 0. The van der Waals surface area contributed by atoms with E-state index >= 15 is 0 Å². The highest BCUT2D eigenvalue weighted by atomic mass is 16.5. The number of fused-ring (bicyclic) bond motifs is 1. The second-order valence-electron chi connectivity index (χ2n) is 7.05. The van der Waals surface area contributed by atoms with Crippen LogP contribution in [-0.4, -0.2) is 51.4 Å². The van der Waals surface area contributed by atoms with Gasteiger partial charge in [-0.3, -0.25) is 9.69 Å². The molecule has 1 aromatic heterocycles. The number of rotatable bonds is 4. The van der Waals surface area contributed by atoms with Gasteiger partial charge < -0.3 is 9.30 Å². The summed E-state index contributed by atoms with van der Waals surface area (Å²) in [5.41, 5.74) is 0. The van der Waals surface area contributed by atoms with Crippen molar-refractivity contribution < 1.29 is 9.53 Å². The highest BCUT2D eigenvalue weighted by molar-refractivity contribution is 5.71. The molecule has 2 aliphatic rings. The Kier molecular flexibility index (Phi) is 5.30. The highest BCUT2D eigenvalue weighted by Gasteiger charge is 2.28. The zero-order valence-electron chi connectivity index (χ0n) is 14.3. The van der Waals surface area contributed by atoms with Gasteiger partial charge in [-0.05, 0) is 46.1 Å². The highest BCUT2D eigenvalue weighted by Crippen LogP contribution is 2.27. The van der Waals surface area contributed by atoms with Gasteiger partial charge in [0.25, 0.3) is 0 Å². The number of aromatic nitrogens is 3. The summed E-state index contributed by atoms with van der Waals surface area (Å²) in [4.78, 5) is 14.1. The average Bonchev–Trinajstić information content (AvgIpc) is 2.75. The molecule has 6 nitrogen and oxygen atoms in total. The standard InChI is InChI=1S/C17H28N4O2/c1-13(2)23-16(22)12-20-9-6-7-14(11-20)17-19-18-15-8-4-3-5-10-21(15)17/h13-14H,3-12H2,1-2H3/t14-/m0/s1. The summed E-state index contributed by atoms with van der Waals surface area (Å²) in [5.74, 6) is 2.54. The second-order valence-corrected chi connectivity index (χ2v) is 7.05. The monoisotopic (exact) mass is 320 g/mol. The molecule has 0 amide bonds. The van der Waals surface area contributed by atoms with Crippen molar-refractivity contribution in [3.8, 4) is 0 Å². The maximum atomic E-state index is 11.9. The van der Waals surface area contributed by atoms with E-state index < -0.39 is 0 Å². The van der Waals surface area contributed by atoms with E-state index in [9.17, 15) is 4.79 Å². The van der Waals surface area contributed by atoms with Crippen molar-refractivity contribution >= 4 is 5.97 Å². The number of piperidine rings is 1. The van der Waals surface area contributed by atoms with Crippen LogP contribution in [0, 0.1) is 0 Å². The molecule has 128 valence electrons. The minimum atomic E-state index is -0.124. The molecule has 1 fully saturated rings. The molecule has 0 spiro atoms. The fourth-order valence-electron chi connectivity index (χ4n) is 3.70. The smallest absolute Gasteiger partial charge is 0.320 e. The SMILES string of the molecule is CC(C)OC(=O)CN1CCC[C@H](c2nnc3n2CCCCC3)C1. The quantitative estimate of drug-likeness (QED) is 0.796. The third-order valence-corrected chi connectivity index (χ3v) is 4.73. The average molecular weight is 320 g/mol. The van der Waals surface area contributed by atoms with Gasteiger partial charge in [0, 0.05) is 25.4 Å². The van der Waals surface area contributed by atoms with Gasteiger partial charge in [-0.1, -0.05) is 6.42 Å². The number of carbonyl (C=O) groups excluding carboxylic acids is 1. The van der Waals surface area contributed by atoms with Crippen LogP contribution in [0.4, 0.5) is 0 Å². The lowest BCUT2D eigenvalue weighted by atomic mass is 9.97. The summed E-state index contributed by atoms with van der Waals surface area (Å²) >= 11 is 0. The van der Waals surface area contributed by atoms with Gasteiger partial charge in [0.05, 0.1) is 12.6 Å². The molecule has 0 aromatic carbocycles. The molecule has 3 heterocycles. The zero-order valence-corrected chi connectivity index (χ0v) is 14.3. The lowest BCUT2D eigenvalue weighted by Crippen LogP contribution is -2.39. The van der Waals surface area contributed by atoms with E-state index in [2.05, 4.69) is 19.7 Å². The first-order valence-corrected chi connectivity index (χ1v) is 8.97. The predicted molar refractivity (Wildman–Crippen MR) is 87.2 cm³/mol. The number of likely N-dealkylation sites (tertiary alicyclic amines) is 1. The van der Waals surface area contributed by atoms with Gasteiger partial charge in [0.2, 0.25) is 0 Å². The Hall–Kier alpha value is -1.43. The second kappa shape index (κ2) is 7.43. The molecule has 0 bridgehead atoms. The van der Waals surface area contributed by atoms with E-state index in [4.69, 9.17) is 4.74 Å². The third kappa shape index (κ3) is 4.10. The van der Waals surface area contributed by atoms with Gasteiger partial charge in [0.15, 0.2) is 0 Å². The van der Waals surface area contributed by atoms with E-state index in [1.165, 1.54) is 19.3 Å². The van der Waals surface area contributed by atoms with E-state index in [1.54, 1.807) is 0 Å². The molecular weight excluding hydrogens is 292 g/mol. The molecule has 0 N–H and O–H groups in total. The largest absolute Gasteiger partial charge is 0.462 e. The number of carbonyl (C=O) groups is 1. The van der Waals surface area contributed by atoms with Gasteiger partial charge >= 0.3 is 5.97 Å². The summed E-state index contributed by atoms with van der Waals surface area (Å²) in [6.07, 6.45) is 6.95. The maximum absolute atomic E-state index is 11.9. The Bertz CT molecular complexity index is 541. The molecule has 23 heavy (non-hydrogen) atoms. The molecular formula is C17H28N4O2. The van der Waals surface area contributed by atoms with Crippen LogP contribution in [0.1, 0.15) is 63.5 Å². The molecule has 0 unspecified atom stereocenters. The molecule has 6 heteroatoms. The van der Waals surface area contributed by atoms with Gasteiger partial charge in [-0.2, -0.15) is 0 Å². The van der Waals surface area contributed by atoms with Crippen LogP contribution < -0.4 is 0 Å². The van der Waals surface area contributed by atoms with E-state index in [0.29, 0.717) is 12.5 Å². The van der Waals surface area contributed by atoms with Crippen molar-refractivity contribution in [2.24, 2.45) is 0 Å². The molecule has 3 rings (SSSR count).